The zero-order valence-electron chi connectivity index (χ0n) is 14.1. The van der Waals surface area contributed by atoms with E-state index in [0.717, 1.165) is 0 Å². The molecule has 6 nitrogen and oxygen atoms in total. The first kappa shape index (κ1) is 18.9. The number of hydrogen-bond donors (Lipinski definition) is 3. The number of amidine groups is 1. The molecule has 0 amide bonds. The van der Waals surface area contributed by atoms with E-state index < -0.39 is 22.9 Å². The van der Waals surface area contributed by atoms with Gasteiger partial charge in [0.2, 0.25) is 0 Å². The molecule has 0 spiro atoms. The van der Waals surface area contributed by atoms with Gasteiger partial charge in [-0.1, -0.05) is 17.3 Å². The lowest BCUT2D eigenvalue weighted by Crippen LogP contribution is -2.49. The molecule has 0 fully saturated rings. The van der Waals surface area contributed by atoms with Gasteiger partial charge in [-0.25, -0.2) is 4.39 Å². The van der Waals surface area contributed by atoms with Gasteiger partial charge in [0.25, 0.3) is 0 Å². The van der Waals surface area contributed by atoms with Crippen LogP contribution in [-0.2, 0) is 16.1 Å². The molecule has 0 aliphatic heterocycles. The summed E-state index contributed by atoms with van der Waals surface area (Å²) in [6.07, 6.45) is 0. The van der Waals surface area contributed by atoms with E-state index >= 15 is 0 Å². The Labute approximate surface area is 135 Å². The van der Waals surface area contributed by atoms with Gasteiger partial charge in [0.05, 0.1) is 0 Å². The number of carbonyl (C=O) groups is 1. The van der Waals surface area contributed by atoms with Gasteiger partial charge in [0, 0.05) is 17.7 Å². The fraction of sp³-hybridized carbons (Fsp3) is 0.500. The number of carbonyl (C=O) groups excluding carboxylic acids is 1. The minimum atomic E-state index is -0.968. The minimum absolute atomic E-state index is 0.133. The van der Waals surface area contributed by atoms with Gasteiger partial charge in [-0.15, -0.1) is 0 Å². The van der Waals surface area contributed by atoms with Crippen molar-refractivity contribution in [2.24, 2.45) is 10.9 Å². The number of ether oxygens (including phenoxy) is 1. The summed E-state index contributed by atoms with van der Waals surface area (Å²) in [5, 5.41) is 14.4. The van der Waals surface area contributed by atoms with Crippen LogP contribution in [0.3, 0.4) is 0 Å². The summed E-state index contributed by atoms with van der Waals surface area (Å²) in [7, 11) is 0. The van der Waals surface area contributed by atoms with Crippen molar-refractivity contribution in [2.45, 2.75) is 52.3 Å². The summed E-state index contributed by atoms with van der Waals surface area (Å²) in [5.41, 5.74) is 4.49. The average Bonchev–Trinajstić information content (AvgIpc) is 2.43. The Bertz CT molecular complexity index is 607. The Kier molecular flexibility index (Phi) is 5.71. The fourth-order valence-corrected chi connectivity index (χ4v) is 1.70. The molecule has 0 saturated heterocycles. The zero-order valence-corrected chi connectivity index (χ0v) is 14.1. The molecule has 23 heavy (non-hydrogen) atoms. The van der Waals surface area contributed by atoms with Gasteiger partial charge >= 0.3 is 5.97 Å². The lowest BCUT2D eigenvalue weighted by Gasteiger charge is -2.29. The van der Waals surface area contributed by atoms with E-state index in [1.54, 1.807) is 34.6 Å². The highest BCUT2D eigenvalue weighted by atomic mass is 19.1. The second-order valence-corrected chi connectivity index (χ2v) is 6.77. The zero-order chi connectivity index (χ0) is 17.8. The van der Waals surface area contributed by atoms with Gasteiger partial charge in [-0.3, -0.25) is 10.1 Å². The highest BCUT2D eigenvalue weighted by molar-refractivity contribution is 5.97. The first-order chi connectivity index (χ1) is 10.5. The summed E-state index contributed by atoms with van der Waals surface area (Å²) < 4.78 is 19.4. The Balaban J connectivity index is 2.79. The molecule has 0 bridgehead atoms. The lowest BCUT2D eigenvalue weighted by molar-refractivity contribution is -0.161. The van der Waals surface area contributed by atoms with Crippen molar-refractivity contribution < 1.29 is 19.1 Å². The molecule has 128 valence electrons. The molecule has 4 N–H and O–H groups in total. The number of halogens is 1. The highest BCUT2D eigenvalue weighted by Crippen LogP contribution is 2.16. The maximum absolute atomic E-state index is 14.0. The SMILES string of the molecule is CC(C)(C)OC(=O)C(C)(C)NCc1ccc(/C(N)=N\O)cc1F. The van der Waals surface area contributed by atoms with E-state index in [1.807, 2.05) is 0 Å². The number of oxime groups is 1. The van der Waals surface area contributed by atoms with Crippen LogP contribution in [0.25, 0.3) is 0 Å². The largest absolute Gasteiger partial charge is 0.459 e. The third kappa shape index (κ3) is 5.52. The van der Waals surface area contributed by atoms with Crippen molar-refractivity contribution in [2.75, 3.05) is 0 Å². The average molecular weight is 325 g/mol. The molecular weight excluding hydrogens is 301 g/mol. The lowest BCUT2D eigenvalue weighted by atomic mass is 10.0. The molecule has 0 aromatic heterocycles. The van der Waals surface area contributed by atoms with E-state index in [0.29, 0.717) is 5.56 Å². The predicted molar refractivity (Wildman–Crippen MR) is 85.7 cm³/mol. The fourth-order valence-electron chi connectivity index (χ4n) is 1.70. The monoisotopic (exact) mass is 325 g/mol. The number of nitrogens with zero attached hydrogens (tertiary/aromatic N) is 1. The molecule has 0 saturated carbocycles. The first-order valence-electron chi connectivity index (χ1n) is 7.21. The summed E-state index contributed by atoms with van der Waals surface area (Å²) >= 11 is 0. The highest BCUT2D eigenvalue weighted by Gasteiger charge is 2.32. The van der Waals surface area contributed by atoms with E-state index in [2.05, 4.69) is 10.5 Å². The molecule has 1 rings (SSSR count). The van der Waals surface area contributed by atoms with E-state index in [9.17, 15) is 9.18 Å². The Morgan fingerprint density at radius 2 is 1.96 bits per heavy atom. The van der Waals surface area contributed by atoms with Gasteiger partial charge in [-0.05, 0) is 40.7 Å². The van der Waals surface area contributed by atoms with Gasteiger partial charge in [0.1, 0.15) is 17.0 Å². The van der Waals surface area contributed by atoms with Crippen molar-refractivity contribution in [3.63, 3.8) is 0 Å². The second-order valence-electron chi connectivity index (χ2n) is 6.77. The van der Waals surface area contributed by atoms with Gasteiger partial charge in [-0.2, -0.15) is 0 Å². The Hall–Kier alpha value is -2.15. The molecule has 0 atom stereocenters. The molecule has 0 radical (unpaired) electrons. The van der Waals surface area contributed by atoms with Crippen LogP contribution in [-0.4, -0.2) is 28.2 Å². The van der Waals surface area contributed by atoms with Crippen LogP contribution in [0.2, 0.25) is 0 Å². The molecule has 1 aromatic carbocycles. The van der Waals surface area contributed by atoms with E-state index in [1.165, 1.54) is 18.2 Å². The number of rotatable bonds is 5. The molecule has 0 aliphatic carbocycles. The summed E-state index contributed by atoms with van der Waals surface area (Å²) in [6.45, 7) is 8.83. The third-order valence-electron chi connectivity index (χ3n) is 3.09. The molecule has 0 heterocycles. The van der Waals surface area contributed by atoms with Crippen molar-refractivity contribution >= 4 is 11.8 Å². The quantitative estimate of drug-likeness (QED) is 0.253. The van der Waals surface area contributed by atoms with Crippen molar-refractivity contribution in [1.29, 1.82) is 0 Å². The topological polar surface area (TPSA) is 96.9 Å². The number of benzene rings is 1. The van der Waals surface area contributed by atoms with Gasteiger partial charge < -0.3 is 15.7 Å². The summed E-state index contributed by atoms with van der Waals surface area (Å²) in [5.74, 6) is -1.10. The standard InChI is InChI=1S/C16H24FN3O3/c1-15(2,3)23-14(21)16(4,5)19-9-11-7-6-10(8-12(11)17)13(18)20-22/h6-8,19,22H,9H2,1-5H3,(H2,18,20). The van der Waals surface area contributed by atoms with Crippen LogP contribution < -0.4 is 11.1 Å². The third-order valence-corrected chi connectivity index (χ3v) is 3.09. The molecule has 0 unspecified atom stereocenters. The number of nitrogens with two attached hydrogens (primary N) is 1. The normalized spacial score (nSPS) is 13.0. The van der Waals surface area contributed by atoms with Crippen LogP contribution >= 0.6 is 0 Å². The smallest absolute Gasteiger partial charge is 0.326 e. The summed E-state index contributed by atoms with van der Waals surface area (Å²) in [4.78, 5) is 12.1. The Morgan fingerprint density at radius 3 is 2.43 bits per heavy atom. The number of esters is 1. The number of nitrogens with one attached hydrogen (secondary N) is 1. The molecule has 7 heteroatoms. The maximum atomic E-state index is 14.0. The minimum Gasteiger partial charge on any atom is -0.459 e. The van der Waals surface area contributed by atoms with E-state index in [4.69, 9.17) is 15.7 Å². The van der Waals surface area contributed by atoms with Crippen LogP contribution in [0.15, 0.2) is 23.4 Å². The van der Waals surface area contributed by atoms with E-state index in [-0.39, 0.29) is 17.9 Å². The first-order valence-corrected chi connectivity index (χ1v) is 7.21. The van der Waals surface area contributed by atoms with Crippen LogP contribution in [0.5, 0.6) is 0 Å². The van der Waals surface area contributed by atoms with Crippen LogP contribution in [0, 0.1) is 5.82 Å². The Morgan fingerprint density at radius 1 is 1.35 bits per heavy atom. The van der Waals surface area contributed by atoms with Crippen molar-refractivity contribution in [1.82, 2.24) is 5.32 Å². The number of hydrogen-bond acceptors (Lipinski definition) is 5. The maximum Gasteiger partial charge on any atom is 0.326 e. The van der Waals surface area contributed by atoms with Gasteiger partial charge in [0.15, 0.2) is 5.84 Å². The summed E-state index contributed by atoms with van der Waals surface area (Å²) in [6, 6.07) is 4.23. The predicted octanol–water partition coefficient (Wildman–Crippen LogP) is 2.13. The molecule has 1 aromatic rings. The molecular formula is C16H24FN3O3. The van der Waals surface area contributed by atoms with Crippen molar-refractivity contribution in [3.8, 4) is 0 Å². The van der Waals surface area contributed by atoms with Crippen LogP contribution in [0.1, 0.15) is 45.7 Å². The van der Waals surface area contributed by atoms with Crippen molar-refractivity contribution in [3.05, 3.63) is 35.1 Å². The second kappa shape index (κ2) is 6.95. The van der Waals surface area contributed by atoms with Crippen LogP contribution in [0.4, 0.5) is 4.39 Å². The molecule has 0 aliphatic rings.